The lowest BCUT2D eigenvalue weighted by Gasteiger charge is -2.13. The zero-order chi connectivity index (χ0) is 43.1. The Morgan fingerprint density at radius 1 is 0.517 bits per heavy atom. The first kappa shape index (κ1) is 42.4. The quantitative estimate of drug-likeness (QED) is 0.0651. The number of rotatable bonds is 10. The minimum Gasteiger partial charge on any atom is -0.437 e. The molecule has 6 N–H and O–H groups in total. The van der Waals surface area contributed by atoms with Gasteiger partial charge in [-0.05, 0) is 60.7 Å². The minimum absolute atomic E-state index is 0.290. The molecule has 0 atom stereocenters. The van der Waals surface area contributed by atoms with E-state index in [0.29, 0.717) is 42.5 Å². The molecule has 2 heterocycles. The van der Waals surface area contributed by atoms with E-state index in [4.69, 9.17) is 13.6 Å². The molecule has 0 radical (unpaired) electrons. The second kappa shape index (κ2) is 13.9. The summed E-state index contributed by atoms with van der Waals surface area (Å²) in [6.07, 6.45) is 0. The molecule has 0 aliphatic carbocycles. The SMILES string of the molecule is CN=C(Oc1ccc(S(=O)(=O)O)cc1S(=O)(=O)O)c1cc(-c2nc3cc(S(=O)(=O)O)cc(S(=O)(=O)O)c3o2)cc(-c2nc3cc(S(=O)(=O)O)cc(S(=O)(=O)O)c3o2)c1. The molecule has 0 saturated carbocycles. The van der Waals surface area contributed by atoms with E-state index in [-0.39, 0.29) is 16.7 Å². The summed E-state index contributed by atoms with van der Waals surface area (Å²) in [4.78, 5) is 5.35. The monoisotopic (exact) mass is 925 g/mol. The molecule has 30 heteroatoms. The Bertz CT molecular complexity index is 3320. The molecule has 6 aromatic rings. The van der Waals surface area contributed by atoms with Crippen molar-refractivity contribution in [2.24, 2.45) is 4.99 Å². The van der Waals surface area contributed by atoms with E-state index in [0.717, 1.165) is 25.2 Å². The number of oxazole rings is 2. The Hall–Kier alpha value is -5.25. The third-order valence-electron chi connectivity index (χ3n) is 7.59. The molecule has 308 valence electrons. The van der Waals surface area contributed by atoms with Crippen LogP contribution in [0.4, 0.5) is 0 Å². The third-order valence-corrected chi connectivity index (χ3v) is 12.7. The first-order valence-electron chi connectivity index (χ1n) is 14.6. The Morgan fingerprint density at radius 2 is 0.914 bits per heavy atom. The topological polar surface area (TPSA) is 400 Å². The molecule has 24 nitrogen and oxygen atoms in total. The second-order valence-electron chi connectivity index (χ2n) is 11.5. The van der Waals surface area contributed by atoms with Gasteiger partial charge in [0, 0.05) is 23.7 Å². The maximum Gasteiger partial charge on any atom is 0.298 e. The predicted octanol–water partition coefficient (Wildman–Crippen LogP) is 2.24. The molecule has 6 rings (SSSR count). The number of nitrogens with zero attached hydrogens (tertiary/aromatic N) is 3. The van der Waals surface area contributed by atoms with Crippen LogP contribution >= 0.6 is 0 Å². The lowest BCUT2D eigenvalue weighted by Crippen LogP contribution is -2.14. The smallest absolute Gasteiger partial charge is 0.298 e. The van der Waals surface area contributed by atoms with Crippen LogP contribution in [-0.4, -0.2) is 101 Å². The van der Waals surface area contributed by atoms with Crippen molar-refractivity contribution in [1.82, 2.24) is 9.97 Å². The van der Waals surface area contributed by atoms with Crippen molar-refractivity contribution in [2.75, 3.05) is 7.05 Å². The van der Waals surface area contributed by atoms with Gasteiger partial charge < -0.3 is 13.6 Å². The summed E-state index contributed by atoms with van der Waals surface area (Å²) in [5.74, 6) is -2.65. The van der Waals surface area contributed by atoms with Gasteiger partial charge in [-0.2, -0.15) is 50.5 Å². The number of benzene rings is 4. The zero-order valence-electron chi connectivity index (χ0n) is 27.9. The number of hydrogen-bond donors (Lipinski definition) is 6. The molecule has 4 aromatic carbocycles. The Morgan fingerprint density at radius 3 is 1.28 bits per heavy atom. The van der Waals surface area contributed by atoms with Gasteiger partial charge in [-0.15, -0.1) is 0 Å². The fourth-order valence-electron chi connectivity index (χ4n) is 5.15. The number of aliphatic imine (C=N–C) groups is 1. The van der Waals surface area contributed by atoms with E-state index >= 15 is 0 Å². The third kappa shape index (κ3) is 8.47. The highest BCUT2D eigenvalue weighted by molar-refractivity contribution is 7.87. The molecule has 0 saturated heterocycles. The molecule has 58 heavy (non-hydrogen) atoms. The zero-order valence-corrected chi connectivity index (χ0v) is 32.8. The van der Waals surface area contributed by atoms with Crippen LogP contribution in [0.5, 0.6) is 5.75 Å². The first-order valence-corrected chi connectivity index (χ1v) is 23.3. The summed E-state index contributed by atoms with van der Waals surface area (Å²) in [5, 5.41) is 0. The molecule has 0 unspecified atom stereocenters. The Labute approximate surface area is 325 Å². The van der Waals surface area contributed by atoms with Gasteiger partial charge in [-0.25, -0.2) is 9.97 Å². The van der Waals surface area contributed by atoms with Crippen LogP contribution in [0, 0.1) is 0 Å². The maximum absolute atomic E-state index is 12.2. The predicted molar refractivity (Wildman–Crippen MR) is 191 cm³/mol. The van der Waals surface area contributed by atoms with Gasteiger partial charge in [-0.3, -0.25) is 32.3 Å². The van der Waals surface area contributed by atoms with Crippen molar-refractivity contribution in [3.05, 3.63) is 66.2 Å². The van der Waals surface area contributed by atoms with Crippen LogP contribution in [-0.2, 0) is 60.7 Å². The molecule has 2 aromatic heterocycles. The Balaban J connectivity index is 1.64. The number of ether oxygens (including phenoxy) is 1. The van der Waals surface area contributed by atoms with E-state index in [1.54, 1.807) is 0 Å². The summed E-state index contributed by atoms with van der Waals surface area (Å²) in [6.45, 7) is 0. The fraction of sp³-hybridized carbons (Fsp3) is 0.0357. The van der Waals surface area contributed by atoms with Gasteiger partial charge in [0.2, 0.25) is 17.7 Å². The molecule has 0 aliphatic heterocycles. The van der Waals surface area contributed by atoms with Gasteiger partial charge in [0.05, 0.1) is 14.7 Å². The molecule has 0 bridgehead atoms. The lowest BCUT2D eigenvalue weighted by molar-refractivity contribution is 0.468. The van der Waals surface area contributed by atoms with Crippen molar-refractivity contribution < 1.29 is 91.4 Å². The van der Waals surface area contributed by atoms with E-state index in [9.17, 15) is 77.8 Å². The molecule has 0 fully saturated rings. The Kier molecular flexibility index (Phi) is 10.2. The van der Waals surface area contributed by atoms with Crippen molar-refractivity contribution in [1.29, 1.82) is 0 Å². The number of aromatic nitrogens is 2. The van der Waals surface area contributed by atoms with Gasteiger partial charge in [0.1, 0.15) is 25.7 Å². The summed E-state index contributed by atoms with van der Waals surface area (Å²) in [5.41, 5.74) is -3.56. The van der Waals surface area contributed by atoms with Crippen LogP contribution in [0.25, 0.3) is 45.1 Å². The lowest BCUT2D eigenvalue weighted by atomic mass is 10.0. The first-order chi connectivity index (χ1) is 26.4. The summed E-state index contributed by atoms with van der Waals surface area (Å²) in [7, 11) is -30.1. The largest absolute Gasteiger partial charge is 0.437 e. The van der Waals surface area contributed by atoms with Crippen molar-refractivity contribution >= 4 is 88.8 Å². The van der Waals surface area contributed by atoms with Crippen LogP contribution in [0.15, 0.2) is 104 Å². The van der Waals surface area contributed by atoms with E-state index in [1.165, 1.54) is 0 Å². The molecule has 0 aliphatic rings. The van der Waals surface area contributed by atoms with Gasteiger partial charge in [0.15, 0.2) is 16.9 Å². The normalized spacial score (nSPS) is 13.7. The van der Waals surface area contributed by atoms with E-state index in [2.05, 4.69) is 15.0 Å². The maximum atomic E-state index is 12.2. The fourth-order valence-corrected chi connectivity index (χ4v) is 8.89. The number of hydrogen-bond acceptors (Lipinski definition) is 18. The summed E-state index contributed by atoms with van der Waals surface area (Å²) < 4.78 is 219. The minimum atomic E-state index is -5.31. The molecular weight excluding hydrogens is 907 g/mol. The van der Waals surface area contributed by atoms with Gasteiger partial charge >= 0.3 is 0 Å². The molecular formula is C28H19N3O21S6. The van der Waals surface area contributed by atoms with Gasteiger partial charge in [-0.1, -0.05) is 0 Å². The van der Waals surface area contributed by atoms with Crippen LogP contribution in [0.2, 0.25) is 0 Å². The standard InChI is InChI=1S/C28H19N3O21S6/c1-29-26(50-20-3-2-15(53(32,33)34)9-21(20)56(41,42)43)12-4-13(27-30-18-7-16(54(35,36)37)10-22(24(18)51-27)57(44,45)46)6-14(5-12)28-31-19-8-17(55(38,39)40)11-23(25(19)52-28)58(47,48)49/h2-11H,1H3,(H,32,33,34)(H,35,36,37)(H,38,39,40)(H,41,42,43)(H,44,45,46)(H,47,48,49). The van der Waals surface area contributed by atoms with E-state index in [1.807, 2.05) is 0 Å². The van der Waals surface area contributed by atoms with Crippen molar-refractivity contribution in [3.63, 3.8) is 0 Å². The highest BCUT2D eigenvalue weighted by atomic mass is 32.2. The highest BCUT2D eigenvalue weighted by Crippen LogP contribution is 2.37. The average molecular weight is 926 g/mol. The second-order valence-corrected chi connectivity index (χ2v) is 19.9. The highest BCUT2D eigenvalue weighted by Gasteiger charge is 2.29. The average Bonchev–Trinajstić information content (AvgIpc) is 3.72. The molecule has 0 amide bonds. The van der Waals surface area contributed by atoms with Crippen LogP contribution in [0.3, 0.4) is 0 Å². The summed E-state index contributed by atoms with van der Waals surface area (Å²) >= 11 is 0. The van der Waals surface area contributed by atoms with Gasteiger partial charge in [0.25, 0.3) is 60.7 Å². The van der Waals surface area contributed by atoms with Crippen molar-refractivity contribution in [2.45, 2.75) is 29.4 Å². The van der Waals surface area contributed by atoms with E-state index < -0.39 is 136 Å². The summed E-state index contributed by atoms with van der Waals surface area (Å²) in [6, 6.07) is 7.00. The number of fused-ring (bicyclic) bond motifs is 2. The molecule has 0 spiro atoms. The van der Waals surface area contributed by atoms with Crippen LogP contribution < -0.4 is 4.74 Å². The van der Waals surface area contributed by atoms with Crippen LogP contribution in [0.1, 0.15) is 5.56 Å². The van der Waals surface area contributed by atoms with Crippen molar-refractivity contribution in [3.8, 4) is 28.7 Å².